The van der Waals surface area contributed by atoms with Crippen LogP contribution in [0.1, 0.15) is 10.6 Å². The molecule has 0 aromatic carbocycles. The second-order valence-corrected chi connectivity index (χ2v) is 8.21. The Morgan fingerprint density at radius 3 is 2.70 bits per heavy atom. The highest BCUT2D eigenvalue weighted by Crippen LogP contribution is 2.27. The number of thiophene rings is 1. The zero-order valence-electron chi connectivity index (χ0n) is 10.4. The van der Waals surface area contributed by atoms with Crippen LogP contribution in [0.4, 0.5) is 0 Å². The largest absolute Gasteiger partial charge is 0.452 e. The van der Waals surface area contributed by atoms with Crippen molar-refractivity contribution < 1.29 is 12.8 Å². The maximum absolute atomic E-state index is 12.2. The summed E-state index contributed by atoms with van der Waals surface area (Å²) in [5.74, 6) is 0.553. The van der Waals surface area contributed by atoms with E-state index in [9.17, 15) is 8.42 Å². The third kappa shape index (κ3) is 3.71. The molecule has 9 heteroatoms. The Labute approximate surface area is 138 Å². The summed E-state index contributed by atoms with van der Waals surface area (Å²) >= 11 is 7.99. The summed E-state index contributed by atoms with van der Waals surface area (Å²) in [5, 5.41) is 4.80. The number of nitrogens with one attached hydrogen (secondary N) is 2. The molecule has 0 aliphatic rings. The smallest absolute Gasteiger partial charge is 0.245 e. The van der Waals surface area contributed by atoms with Gasteiger partial charge in [-0.05, 0) is 50.4 Å². The van der Waals surface area contributed by atoms with Crippen molar-refractivity contribution in [1.29, 1.82) is 0 Å². The topological polar surface area (TPSA) is 71.3 Å². The van der Waals surface area contributed by atoms with Gasteiger partial charge in [-0.25, -0.2) is 13.1 Å². The van der Waals surface area contributed by atoms with Gasteiger partial charge in [0.05, 0.1) is 6.54 Å². The molecule has 2 aromatic heterocycles. The van der Waals surface area contributed by atoms with E-state index in [1.165, 1.54) is 17.4 Å². The van der Waals surface area contributed by atoms with Crippen molar-refractivity contribution in [2.24, 2.45) is 0 Å². The van der Waals surface area contributed by atoms with Crippen LogP contribution in [0.2, 0.25) is 0 Å². The Bertz CT molecular complexity index is 694. The average Bonchev–Trinajstić information content (AvgIpc) is 2.94. The Kier molecular flexibility index (Phi) is 5.43. The van der Waals surface area contributed by atoms with Crippen molar-refractivity contribution in [3.8, 4) is 0 Å². The summed E-state index contributed by atoms with van der Waals surface area (Å²) < 4.78 is 33.5. The minimum absolute atomic E-state index is 0.107. The Balaban J connectivity index is 2.16. The Morgan fingerprint density at radius 1 is 1.35 bits per heavy atom. The lowest BCUT2D eigenvalue weighted by Crippen LogP contribution is -2.22. The first-order valence-corrected chi connectivity index (χ1v) is 9.53. The number of halogens is 2. The summed E-state index contributed by atoms with van der Waals surface area (Å²) in [7, 11) is -1.85. The standard InChI is InChI=1S/C11H12Br2N2O3S2/c1-14-5-7-4-10(11(13)18-7)20(16,17)15-6-9-8(12)2-3-19-9/h2-4,14-15H,5-6H2,1H3. The van der Waals surface area contributed by atoms with Crippen molar-refractivity contribution in [2.75, 3.05) is 7.05 Å². The van der Waals surface area contributed by atoms with Gasteiger partial charge in [-0.1, -0.05) is 0 Å². The van der Waals surface area contributed by atoms with Crippen molar-refractivity contribution in [1.82, 2.24) is 10.0 Å². The molecular weight excluding hydrogens is 432 g/mol. The minimum atomic E-state index is -3.61. The molecule has 2 N–H and O–H groups in total. The summed E-state index contributed by atoms with van der Waals surface area (Å²) in [4.78, 5) is 1.03. The lowest BCUT2D eigenvalue weighted by molar-refractivity contribution is 0.470. The van der Waals surface area contributed by atoms with Gasteiger partial charge in [0.15, 0.2) is 4.67 Å². The number of furan rings is 1. The Morgan fingerprint density at radius 2 is 2.10 bits per heavy atom. The van der Waals surface area contributed by atoms with Crippen molar-refractivity contribution in [3.63, 3.8) is 0 Å². The average molecular weight is 444 g/mol. The third-order valence-electron chi connectivity index (χ3n) is 2.46. The van der Waals surface area contributed by atoms with Crippen LogP contribution in [0.25, 0.3) is 0 Å². The fourth-order valence-electron chi connectivity index (χ4n) is 1.53. The van der Waals surface area contributed by atoms with E-state index < -0.39 is 10.0 Å². The molecule has 5 nitrogen and oxygen atoms in total. The molecule has 0 atom stereocenters. The molecule has 2 rings (SSSR count). The molecule has 0 amide bonds. The molecule has 110 valence electrons. The molecule has 0 saturated carbocycles. The zero-order valence-corrected chi connectivity index (χ0v) is 15.2. The van der Waals surface area contributed by atoms with Gasteiger partial charge in [-0.15, -0.1) is 11.3 Å². The fourth-order valence-corrected chi connectivity index (χ4v) is 5.05. The number of sulfonamides is 1. The highest BCUT2D eigenvalue weighted by molar-refractivity contribution is 9.10. The summed E-state index contributed by atoms with van der Waals surface area (Å²) in [5.41, 5.74) is 0. The van der Waals surface area contributed by atoms with Gasteiger partial charge in [0, 0.05) is 22.0 Å². The predicted molar refractivity (Wildman–Crippen MR) is 85.2 cm³/mol. The van der Waals surface area contributed by atoms with Gasteiger partial charge < -0.3 is 9.73 Å². The van der Waals surface area contributed by atoms with Crippen LogP contribution >= 0.6 is 43.2 Å². The van der Waals surface area contributed by atoms with E-state index in [1.807, 2.05) is 11.4 Å². The van der Waals surface area contributed by atoms with Gasteiger partial charge in [0.2, 0.25) is 10.0 Å². The quantitative estimate of drug-likeness (QED) is 0.719. The van der Waals surface area contributed by atoms with Gasteiger partial charge in [-0.2, -0.15) is 0 Å². The number of hydrogen-bond acceptors (Lipinski definition) is 5. The first-order chi connectivity index (χ1) is 9.44. The first-order valence-electron chi connectivity index (χ1n) is 5.58. The van der Waals surface area contributed by atoms with Crippen LogP contribution in [0, 0.1) is 0 Å². The molecule has 0 radical (unpaired) electrons. The molecule has 2 heterocycles. The van der Waals surface area contributed by atoms with Crippen LogP contribution in [-0.2, 0) is 23.1 Å². The van der Waals surface area contributed by atoms with E-state index in [0.29, 0.717) is 12.3 Å². The minimum Gasteiger partial charge on any atom is -0.452 e. The molecule has 0 spiro atoms. The highest BCUT2D eigenvalue weighted by atomic mass is 79.9. The van der Waals surface area contributed by atoms with E-state index >= 15 is 0 Å². The maximum Gasteiger partial charge on any atom is 0.245 e. The molecule has 0 aliphatic heterocycles. The second kappa shape index (κ2) is 6.71. The predicted octanol–water partition coefficient (Wildman–Crippen LogP) is 3.06. The normalized spacial score (nSPS) is 11.9. The first kappa shape index (κ1) is 16.2. The van der Waals surface area contributed by atoms with E-state index in [0.717, 1.165) is 9.35 Å². The molecule has 0 aliphatic carbocycles. The van der Waals surface area contributed by atoms with Crippen LogP contribution in [0.15, 0.2) is 36.0 Å². The highest BCUT2D eigenvalue weighted by Gasteiger charge is 2.22. The number of hydrogen-bond donors (Lipinski definition) is 2. The van der Waals surface area contributed by atoms with E-state index in [1.54, 1.807) is 7.05 Å². The van der Waals surface area contributed by atoms with E-state index in [2.05, 4.69) is 41.9 Å². The van der Waals surface area contributed by atoms with E-state index in [4.69, 9.17) is 4.42 Å². The van der Waals surface area contributed by atoms with E-state index in [-0.39, 0.29) is 16.1 Å². The maximum atomic E-state index is 12.2. The molecule has 2 aromatic rings. The zero-order chi connectivity index (χ0) is 14.8. The van der Waals surface area contributed by atoms with Crippen LogP contribution in [-0.4, -0.2) is 15.5 Å². The molecule has 0 bridgehead atoms. The summed E-state index contributed by atoms with van der Waals surface area (Å²) in [6.45, 7) is 0.699. The monoisotopic (exact) mass is 442 g/mol. The van der Waals surface area contributed by atoms with Crippen LogP contribution in [0.3, 0.4) is 0 Å². The van der Waals surface area contributed by atoms with Gasteiger partial charge >= 0.3 is 0 Å². The molecule has 20 heavy (non-hydrogen) atoms. The lowest BCUT2D eigenvalue weighted by Gasteiger charge is -2.04. The second-order valence-electron chi connectivity index (χ2n) is 3.90. The molecule has 0 saturated heterocycles. The van der Waals surface area contributed by atoms with Gasteiger partial charge in [0.25, 0.3) is 0 Å². The van der Waals surface area contributed by atoms with Crippen LogP contribution in [0.5, 0.6) is 0 Å². The molecular formula is C11H12Br2N2O3S2. The van der Waals surface area contributed by atoms with Crippen molar-refractivity contribution in [3.05, 3.63) is 37.3 Å². The van der Waals surface area contributed by atoms with Crippen molar-refractivity contribution >= 4 is 53.2 Å². The SMILES string of the molecule is CNCc1cc(S(=O)(=O)NCc2sccc2Br)c(Br)o1. The fraction of sp³-hybridized carbons (Fsp3) is 0.273. The number of rotatable bonds is 6. The van der Waals surface area contributed by atoms with Gasteiger partial charge in [-0.3, -0.25) is 0 Å². The molecule has 0 unspecified atom stereocenters. The molecule has 0 fully saturated rings. The Hall–Kier alpha value is -0.190. The summed E-state index contributed by atoms with van der Waals surface area (Å²) in [6.07, 6.45) is 0. The van der Waals surface area contributed by atoms with Crippen LogP contribution < -0.4 is 10.0 Å². The summed E-state index contributed by atoms with van der Waals surface area (Å²) in [6, 6.07) is 3.39. The third-order valence-corrected chi connectivity index (χ3v) is 6.65. The lowest BCUT2D eigenvalue weighted by atomic mass is 10.4. The van der Waals surface area contributed by atoms with Crippen molar-refractivity contribution in [2.45, 2.75) is 18.0 Å². The van der Waals surface area contributed by atoms with Gasteiger partial charge in [0.1, 0.15) is 10.7 Å².